The number of carbonyl (C=O) groups excluding carboxylic acids is 4. The second kappa shape index (κ2) is 11.1. The Morgan fingerprint density at radius 2 is 1.83 bits per heavy atom. The molecule has 2 heterocycles. The summed E-state index contributed by atoms with van der Waals surface area (Å²) in [4.78, 5) is 57.0. The highest BCUT2D eigenvalue weighted by atomic mass is 16.5. The summed E-state index contributed by atoms with van der Waals surface area (Å²) in [6.45, 7) is 1.94. The first-order chi connectivity index (χ1) is 16.9. The second-order valence-corrected chi connectivity index (χ2v) is 9.05. The Balaban J connectivity index is 1.40. The zero-order chi connectivity index (χ0) is 24.8. The Bertz CT molecular complexity index is 1060. The molecule has 0 bridgehead atoms. The normalized spacial score (nSPS) is 20.3. The number of ketones is 1. The van der Waals surface area contributed by atoms with Crippen molar-refractivity contribution in [2.24, 2.45) is 0 Å². The van der Waals surface area contributed by atoms with E-state index in [0.717, 1.165) is 24.1 Å². The lowest BCUT2D eigenvalue weighted by Crippen LogP contribution is -2.53. The molecule has 1 aromatic heterocycles. The third-order valence-corrected chi connectivity index (χ3v) is 6.26. The number of hydrogen-bond acceptors (Lipinski definition) is 6. The van der Waals surface area contributed by atoms with Crippen molar-refractivity contribution in [1.82, 2.24) is 20.5 Å². The van der Waals surface area contributed by atoms with Crippen molar-refractivity contribution < 1.29 is 23.9 Å². The number of aromatic nitrogens is 1. The molecule has 35 heavy (non-hydrogen) atoms. The maximum absolute atomic E-state index is 13.3. The van der Waals surface area contributed by atoms with Crippen LogP contribution >= 0.6 is 0 Å². The summed E-state index contributed by atoms with van der Waals surface area (Å²) in [7, 11) is 0. The van der Waals surface area contributed by atoms with E-state index in [1.165, 1.54) is 4.90 Å². The lowest BCUT2D eigenvalue weighted by molar-refractivity contribution is -0.145. The first kappa shape index (κ1) is 24.4. The molecule has 1 aliphatic carbocycles. The Morgan fingerprint density at radius 3 is 2.51 bits per heavy atom. The zero-order valence-electron chi connectivity index (χ0n) is 19.7. The highest BCUT2D eigenvalue weighted by molar-refractivity contribution is 6.38. The first-order valence-corrected chi connectivity index (χ1v) is 12.0. The van der Waals surface area contributed by atoms with Crippen molar-refractivity contribution in [3.8, 4) is 0 Å². The van der Waals surface area contributed by atoms with E-state index in [4.69, 9.17) is 4.74 Å². The Labute approximate surface area is 204 Å². The van der Waals surface area contributed by atoms with Gasteiger partial charge in [-0.2, -0.15) is 0 Å². The summed E-state index contributed by atoms with van der Waals surface area (Å²) >= 11 is 0. The van der Waals surface area contributed by atoms with Crippen LogP contribution in [-0.2, 0) is 32.0 Å². The maximum Gasteiger partial charge on any atom is 0.407 e. The van der Waals surface area contributed by atoms with Gasteiger partial charge in [-0.15, -0.1) is 0 Å². The number of amides is 3. The van der Waals surface area contributed by atoms with Crippen LogP contribution in [0.25, 0.3) is 0 Å². The molecule has 3 atom stereocenters. The number of alkyl carbamates (subject to hydrolysis) is 1. The Kier molecular flexibility index (Phi) is 7.74. The van der Waals surface area contributed by atoms with Crippen molar-refractivity contribution in [3.63, 3.8) is 0 Å². The molecule has 2 N–H and O–H groups in total. The van der Waals surface area contributed by atoms with Gasteiger partial charge in [-0.25, -0.2) is 4.79 Å². The minimum atomic E-state index is -0.953. The van der Waals surface area contributed by atoms with Crippen molar-refractivity contribution in [2.45, 2.75) is 63.2 Å². The van der Waals surface area contributed by atoms with E-state index in [2.05, 4.69) is 15.6 Å². The highest BCUT2D eigenvalue weighted by Crippen LogP contribution is 2.25. The lowest BCUT2D eigenvalue weighted by Gasteiger charge is -2.30. The minimum Gasteiger partial charge on any atom is -0.449 e. The molecule has 4 rings (SSSR count). The van der Waals surface area contributed by atoms with E-state index in [9.17, 15) is 19.2 Å². The Hall–Kier alpha value is -3.75. The molecule has 0 radical (unpaired) electrons. The monoisotopic (exact) mass is 478 g/mol. The van der Waals surface area contributed by atoms with E-state index in [0.29, 0.717) is 12.8 Å². The number of Topliss-reactive ketones (excluding diaryl/α,β-unsaturated/α-hetero) is 1. The van der Waals surface area contributed by atoms with Gasteiger partial charge in [0, 0.05) is 36.8 Å². The number of nitrogens with zero attached hydrogens (tertiary/aromatic N) is 2. The summed E-state index contributed by atoms with van der Waals surface area (Å²) in [5.41, 5.74) is 1.64. The maximum atomic E-state index is 13.3. The molecule has 3 amide bonds. The van der Waals surface area contributed by atoms with Gasteiger partial charge in [-0.1, -0.05) is 36.4 Å². The Morgan fingerprint density at radius 1 is 1.09 bits per heavy atom. The number of nitrogens with one attached hydrogen (secondary N) is 2. The van der Waals surface area contributed by atoms with Gasteiger partial charge < -0.3 is 20.3 Å². The van der Waals surface area contributed by atoms with Gasteiger partial charge in [-0.3, -0.25) is 19.4 Å². The SMILES string of the molecule is CC1C[C@H](NC(=O)OCCc2ccccn2)C(=O)N1[C@@H](Cc1ccccc1)C(=O)C(=O)NC1CC1. The van der Waals surface area contributed by atoms with E-state index in [-0.39, 0.29) is 25.1 Å². The predicted molar refractivity (Wildman–Crippen MR) is 127 cm³/mol. The van der Waals surface area contributed by atoms with Crippen LogP contribution in [0.3, 0.4) is 0 Å². The van der Waals surface area contributed by atoms with Gasteiger partial charge in [0.2, 0.25) is 11.7 Å². The number of rotatable bonds is 10. The fraction of sp³-hybridized carbons (Fsp3) is 0.423. The van der Waals surface area contributed by atoms with Crippen LogP contribution in [0.4, 0.5) is 4.79 Å². The molecule has 1 unspecified atom stereocenters. The van der Waals surface area contributed by atoms with Crippen LogP contribution in [0.5, 0.6) is 0 Å². The van der Waals surface area contributed by atoms with Gasteiger partial charge in [0.15, 0.2) is 0 Å². The van der Waals surface area contributed by atoms with Gasteiger partial charge in [0.25, 0.3) is 5.91 Å². The lowest BCUT2D eigenvalue weighted by atomic mass is 9.99. The predicted octanol–water partition coefficient (Wildman–Crippen LogP) is 1.80. The smallest absolute Gasteiger partial charge is 0.407 e. The van der Waals surface area contributed by atoms with Gasteiger partial charge >= 0.3 is 6.09 Å². The van der Waals surface area contributed by atoms with Crippen LogP contribution in [0.2, 0.25) is 0 Å². The quantitative estimate of drug-likeness (QED) is 0.503. The molecule has 1 aromatic carbocycles. The minimum absolute atomic E-state index is 0.0331. The summed E-state index contributed by atoms with van der Waals surface area (Å²) in [6, 6.07) is 12.7. The fourth-order valence-electron chi connectivity index (χ4n) is 4.30. The van der Waals surface area contributed by atoms with Gasteiger partial charge in [-0.05, 0) is 43.9 Å². The number of benzene rings is 1. The molecule has 0 spiro atoms. The largest absolute Gasteiger partial charge is 0.449 e. The van der Waals surface area contributed by atoms with E-state index < -0.39 is 35.8 Å². The summed E-state index contributed by atoms with van der Waals surface area (Å²) < 4.78 is 5.23. The number of hydrogen-bond donors (Lipinski definition) is 2. The van der Waals surface area contributed by atoms with Crippen molar-refractivity contribution in [3.05, 3.63) is 66.0 Å². The molecule has 1 saturated heterocycles. The molecule has 184 valence electrons. The summed E-state index contributed by atoms with van der Waals surface area (Å²) in [5, 5.41) is 5.35. The average Bonchev–Trinajstić information content (AvgIpc) is 3.63. The third-order valence-electron chi connectivity index (χ3n) is 6.26. The molecular weight excluding hydrogens is 448 g/mol. The first-order valence-electron chi connectivity index (χ1n) is 12.0. The molecule has 9 nitrogen and oxygen atoms in total. The van der Waals surface area contributed by atoms with E-state index in [1.807, 2.05) is 49.4 Å². The molecule has 9 heteroatoms. The average molecular weight is 479 g/mol. The highest BCUT2D eigenvalue weighted by Gasteiger charge is 2.45. The van der Waals surface area contributed by atoms with Crippen LogP contribution < -0.4 is 10.6 Å². The summed E-state index contributed by atoms with van der Waals surface area (Å²) in [6.07, 6.45) is 3.67. The summed E-state index contributed by atoms with van der Waals surface area (Å²) in [5.74, 6) is -1.70. The molecule has 1 aliphatic heterocycles. The van der Waals surface area contributed by atoms with Crippen LogP contribution in [-0.4, -0.2) is 64.3 Å². The van der Waals surface area contributed by atoms with Gasteiger partial charge in [0.05, 0.1) is 6.61 Å². The standard InChI is InChI=1S/C26H30N4O5/c1-17-15-21(29-26(34)35-14-12-19-9-5-6-13-27-19)25(33)30(17)22(16-18-7-3-2-4-8-18)23(31)24(32)28-20-10-11-20/h2-9,13,17,20-22H,10-12,14-16H2,1H3,(H,28,32)(H,29,34)/t17?,21-,22-/m0/s1. The number of likely N-dealkylation sites (tertiary alicyclic amines) is 1. The molecular formula is C26H30N4O5. The molecule has 2 fully saturated rings. The van der Waals surface area contributed by atoms with Crippen LogP contribution in [0.1, 0.15) is 37.4 Å². The topological polar surface area (TPSA) is 118 Å². The van der Waals surface area contributed by atoms with Crippen LogP contribution in [0.15, 0.2) is 54.7 Å². The fourth-order valence-corrected chi connectivity index (χ4v) is 4.30. The number of ether oxygens (including phenoxy) is 1. The zero-order valence-corrected chi connectivity index (χ0v) is 19.7. The van der Waals surface area contributed by atoms with Crippen molar-refractivity contribution >= 4 is 23.7 Å². The molecule has 1 saturated carbocycles. The van der Waals surface area contributed by atoms with Crippen molar-refractivity contribution in [2.75, 3.05) is 6.61 Å². The van der Waals surface area contributed by atoms with E-state index >= 15 is 0 Å². The molecule has 2 aliphatic rings. The van der Waals surface area contributed by atoms with Crippen LogP contribution in [0, 0.1) is 0 Å². The number of pyridine rings is 1. The van der Waals surface area contributed by atoms with E-state index in [1.54, 1.807) is 12.3 Å². The van der Waals surface area contributed by atoms with Crippen molar-refractivity contribution in [1.29, 1.82) is 0 Å². The second-order valence-electron chi connectivity index (χ2n) is 9.05. The third kappa shape index (κ3) is 6.44. The molecule has 2 aromatic rings. The van der Waals surface area contributed by atoms with Gasteiger partial charge in [0.1, 0.15) is 12.1 Å². The number of carbonyl (C=O) groups is 4.